The van der Waals surface area contributed by atoms with Crippen LogP contribution in [0.3, 0.4) is 0 Å². The Balaban J connectivity index is 1.43. The van der Waals surface area contributed by atoms with Crippen molar-refractivity contribution < 1.29 is 14.3 Å². The van der Waals surface area contributed by atoms with Crippen LogP contribution in [0.2, 0.25) is 0 Å². The van der Waals surface area contributed by atoms with Gasteiger partial charge in [-0.3, -0.25) is 4.79 Å². The van der Waals surface area contributed by atoms with Crippen LogP contribution >= 0.6 is 0 Å². The Hall–Kier alpha value is -3.47. The highest BCUT2D eigenvalue weighted by Crippen LogP contribution is 2.35. The molecule has 3 aromatic rings. The number of ether oxygens (including phenoxy) is 2. The molecule has 5 nitrogen and oxygen atoms in total. The van der Waals surface area contributed by atoms with Crippen LogP contribution in [0, 0.1) is 0 Å². The lowest BCUT2D eigenvalue weighted by Crippen LogP contribution is -2.45. The van der Waals surface area contributed by atoms with Crippen LogP contribution in [0.5, 0.6) is 11.5 Å². The molecule has 154 valence electrons. The topological polar surface area (TPSA) is 50.8 Å². The number of nitrogens with zero attached hydrogens (tertiary/aromatic N) is 1. The molecular weight excluding hydrogens is 376 g/mol. The zero-order valence-corrected chi connectivity index (χ0v) is 17.1. The summed E-state index contributed by atoms with van der Waals surface area (Å²) in [5.41, 5.74) is 3.27. The van der Waals surface area contributed by atoms with Gasteiger partial charge in [-0.1, -0.05) is 54.6 Å². The molecule has 0 saturated heterocycles. The molecule has 4 rings (SSSR count). The van der Waals surface area contributed by atoms with Crippen LogP contribution in [-0.4, -0.2) is 25.7 Å². The quantitative estimate of drug-likeness (QED) is 0.645. The molecule has 0 fully saturated rings. The minimum atomic E-state index is -0.0315. The van der Waals surface area contributed by atoms with E-state index in [1.54, 1.807) is 7.11 Å². The van der Waals surface area contributed by atoms with Crippen molar-refractivity contribution >= 4 is 11.6 Å². The van der Waals surface area contributed by atoms with Gasteiger partial charge in [0.1, 0.15) is 18.1 Å². The van der Waals surface area contributed by atoms with Crippen molar-refractivity contribution in [3.8, 4) is 11.5 Å². The van der Waals surface area contributed by atoms with E-state index in [0.717, 1.165) is 29.3 Å². The largest absolute Gasteiger partial charge is 0.497 e. The van der Waals surface area contributed by atoms with Crippen molar-refractivity contribution in [2.24, 2.45) is 0 Å². The average molecular weight is 402 g/mol. The van der Waals surface area contributed by atoms with E-state index in [0.29, 0.717) is 19.6 Å². The number of rotatable bonds is 7. The second-order valence-electron chi connectivity index (χ2n) is 7.37. The molecule has 30 heavy (non-hydrogen) atoms. The zero-order valence-electron chi connectivity index (χ0n) is 17.1. The average Bonchev–Trinajstić information content (AvgIpc) is 2.80. The molecule has 1 heterocycles. The lowest BCUT2D eigenvalue weighted by molar-refractivity contribution is -0.121. The fraction of sp³-hybridized carbons (Fsp3) is 0.240. The van der Waals surface area contributed by atoms with Crippen LogP contribution in [-0.2, 0) is 17.9 Å². The molecule has 0 aliphatic carbocycles. The summed E-state index contributed by atoms with van der Waals surface area (Å²) in [7, 11) is 1.64. The van der Waals surface area contributed by atoms with Crippen molar-refractivity contribution in [1.82, 2.24) is 5.32 Å². The predicted octanol–water partition coefficient (Wildman–Crippen LogP) is 4.17. The predicted molar refractivity (Wildman–Crippen MR) is 118 cm³/mol. The fourth-order valence-corrected chi connectivity index (χ4v) is 3.68. The van der Waals surface area contributed by atoms with E-state index in [1.165, 1.54) is 5.56 Å². The molecule has 1 aliphatic heterocycles. The van der Waals surface area contributed by atoms with Gasteiger partial charge >= 0.3 is 0 Å². The molecule has 5 heteroatoms. The number of methoxy groups -OCH3 is 1. The van der Waals surface area contributed by atoms with Gasteiger partial charge in [-0.05, 0) is 35.4 Å². The summed E-state index contributed by atoms with van der Waals surface area (Å²) in [6.07, 6.45) is 0.372. The van der Waals surface area contributed by atoms with Gasteiger partial charge in [-0.2, -0.15) is 0 Å². The highest BCUT2D eigenvalue weighted by Gasteiger charge is 2.29. The maximum Gasteiger partial charge on any atom is 0.222 e. The smallest absolute Gasteiger partial charge is 0.222 e. The maximum absolute atomic E-state index is 12.7. The zero-order chi connectivity index (χ0) is 20.8. The molecule has 0 bridgehead atoms. The number of para-hydroxylation sites is 2. The number of anilines is 1. The number of nitrogens with one attached hydrogen (secondary N) is 1. The van der Waals surface area contributed by atoms with Crippen LogP contribution < -0.4 is 19.7 Å². The van der Waals surface area contributed by atoms with Crippen molar-refractivity contribution in [2.75, 3.05) is 18.6 Å². The Morgan fingerprint density at radius 1 is 1.00 bits per heavy atom. The van der Waals surface area contributed by atoms with Crippen LogP contribution in [0.15, 0.2) is 78.9 Å². The first-order valence-corrected chi connectivity index (χ1v) is 10.1. The number of hydrogen-bond acceptors (Lipinski definition) is 4. The summed E-state index contributed by atoms with van der Waals surface area (Å²) in [6.45, 7) is 1.71. The number of amides is 1. The van der Waals surface area contributed by atoms with Crippen molar-refractivity contribution in [3.05, 3.63) is 90.0 Å². The van der Waals surface area contributed by atoms with Gasteiger partial charge < -0.3 is 19.7 Å². The Bertz CT molecular complexity index is 973. The van der Waals surface area contributed by atoms with E-state index in [4.69, 9.17) is 9.47 Å². The first kappa shape index (κ1) is 19.8. The van der Waals surface area contributed by atoms with E-state index in [9.17, 15) is 4.79 Å². The number of carbonyl (C=O) groups excluding carboxylic acids is 1. The summed E-state index contributed by atoms with van der Waals surface area (Å²) >= 11 is 0. The van der Waals surface area contributed by atoms with Crippen molar-refractivity contribution in [3.63, 3.8) is 0 Å². The van der Waals surface area contributed by atoms with Gasteiger partial charge in [-0.15, -0.1) is 0 Å². The first-order chi connectivity index (χ1) is 14.7. The summed E-state index contributed by atoms with van der Waals surface area (Å²) in [5, 5.41) is 3.03. The molecule has 1 amide bonds. The van der Waals surface area contributed by atoms with E-state index >= 15 is 0 Å². The number of carbonyl (C=O) groups is 1. The van der Waals surface area contributed by atoms with Gasteiger partial charge in [-0.25, -0.2) is 0 Å². The van der Waals surface area contributed by atoms with E-state index in [1.807, 2.05) is 60.7 Å². The minimum absolute atomic E-state index is 0.0110. The minimum Gasteiger partial charge on any atom is -0.497 e. The van der Waals surface area contributed by atoms with Crippen molar-refractivity contribution in [2.45, 2.75) is 25.6 Å². The first-order valence-electron chi connectivity index (χ1n) is 10.1. The molecule has 1 atom stereocenters. The second-order valence-corrected chi connectivity index (χ2v) is 7.37. The molecule has 0 unspecified atom stereocenters. The third-order valence-electron chi connectivity index (χ3n) is 5.31. The maximum atomic E-state index is 12.7. The Morgan fingerprint density at radius 3 is 2.50 bits per heavy atom. The monoisotopic (exact) mass is 402 g/mol. The van der Waals surface area contributed by atoms with E-state index in [-0.39, 0.29) is 11.9 Å². The molecule has 0 aromatic heterocycles. The second kappa shape index (κ2) is 9.35. The van der Waals surface area contributed by atoms with Crippen molar-refractivity contribution in [1.29, 1.82) is 0 Å². The standard InChI is InChI=1S/C25H26N2O3/c1-29-22-13-11-19(12-14-22)16-26-25(28)15-21-18-30-24-10-6-5-9-23(24)27(21)17-20-7-3-2-4-8-20/h2-14,21H,15-18H2,1H3,(H,26,28)/t21-/m0/s1. The number of fused-ring (bicyclic) bond motifs is 1. The molecule has 0 spiro atoms. The van der Waals surface area contributed by atoms with E-state index < -0.39 is 0 Å². The Labute approximate surface area is 177 Å². The van der Waals surface area contributed by atoms with Gasteiger partial charge in [0.25, 0.3) is 0 Å². The van der Waals surface area contributed by atoms with Crippen LogP contribution in [0.25, 0.3) is 0 Å². The van der Waals surface area contributed by atoms with Gasteiger partial charge in [0, 0.05) is 13.1 Å². The van der Waals surface area contributed by atoms with E-state index in [2.05, 4.69) is 28.4 Å². The molecule has 1 N–H and O–H groups in total. The fourth-order valence-electron chi connectivity index (χ4n) is 3.68. The Kier molecular flexibility index (Phi) is 6.18. The highest BCUT2D eigenvalue weighted by molar-refractivity contribution is 5.77. The van der Waals surface area contributed by atoms with Gasteiger partial charge in [0.15, 0.2) is 0 Å². The third kappa shape index (κ3) is 4.74. The van der Waals surface area contributed by atoms with Gasteiger partial charge in [0.2, 0.25) is 5.91 Å². The molecule has 1 aliphatic rings. The lowest BCUT2D eigenvalue weighted by atomic mass is 10.1. The molecular formula is C25H26N2O3. The van der Waals surface area contributed by atoms with Gasteiger partial charge in [0.05, 0.1) is 25.3 Å². The highest BCUT2D eigenvalue weighted by atomic mass is 16.5. The summed E-state index contributed by atoms with van der Waals surface area (Å²) in [4.78, 5) is 15.0. The van der Waals surface area contributed by atoms with Crippen LogP contribution in [0.1, 0.15) is 17.5 Å². The molecule has 3 aromatic carbocycles. The molecule has 0 radical (unpaired) electrons. The third-order valence-corrected chi connectivity index (χ3v) is 5.31. The SMILES string of the molecule is COc1ccc(CNC(=O)C[C@H]2COc3ccccc3N2Cc2ccccc2)cc1. The van der Waals surface area contributed by atoms with Crippen LogP contribution in [0.4, 0.5) is 5.69 Å². The Morgan fingerprint density at radius 2 is 1.73 bits per heavy atom. The summed E-state index contributed by atoms with van der Waals surface area (Å²) < 4.78 is 11.1. The molecule has 0 saturated carbocycles. The summed E-state index contributed by atoms with van der Waals surface area (Å²) in [5.74, 6) is 1.68. The lowest BCUT2D eigenvalue weighted by Gasteiger charge is -2.38. The number of benzene rings is 3. The number of hydrogen-bond donors (Lipinski definition) is 1. The summed E-state index contributed by atoms with van der Waals surface area (Å²) in [6, 6.07) is 26.0. The normalized spacial score (nSPS) is 15.1.